The van der Waals surface area contributed by atoms with Crippen LogP contribution in [0.4, 0.5) is 4.39 Å². The van der Waals surface area contributed by atoms with Crippen LogP contribution in [0.5, 0.6) is 0 Å². The average Bonchev–Trinajstić information content (AvgIpc) is 2.99. The van der Waals surface area contributed by atoms with Crippen molar-refractivity contribution in [3.8, 4) is 11.8 Å². The highest BCUT2D eigenvalue weighted by molar-refractivity contribution is 5.99. The van der Waals surface area contributed by atoms with E-state index in [-0.39, 0.29) is 35.9 Å². The van der Waals surface area contributed by atoms with E-state index in [4.69, 9.17) is 9.47 Å². The molecule has 1 N–H and O–H groups in total. The Labute approximate surface area is 138 Å². The topological polar surface area (TPSA) is 68.4 Å². The maximum Gasteiger partial charge on any atom is 0.356 e. The fourth-order valence-corrected chi connectivity index (χ4v) is 1.96. The molecule has 1 aromatic heterocycles. The molecule has 0 aliphatic heterocycles. The van der Waals surface area contributed by atoms with Gasteiger partial charge < -0.3 is 14.5 Å². The lowest BCUT2D eigenvalue weighted by atomic mass is 10.1. The number of nitrogens with one attached hydrogen (secondary N) is 1. The number of benzene rings is 1. The summed E-state index contributed by atoms with van der Waals surface area (Å²) in [7, 11) is 0. The van der Waals surface area contributed by atoms with Gasteiger partial charge in [-0.3, -0.25) is 0 Å². The molecule has 0 spiro atoms. The molecule has 2 rings (SSSR count). The molecule has 0 atom stereocenters. The predicted molar refractivity (Wildman–Crippen MR) is 85.1 cm³/mol. The molecule has 1 aromatic carbocycles. The van der Waals surface area contributed by atoms with Crippen LogP contribution in [0, 0.1) is 17.7 Å². The number of carbonyl (C=O) groups is 2. The smallest absolute Gasteiger partial charge is 0.356 e. The first-order chi connectivity index (χ1) is 11.6. The number of halogens is 1. The first-order valence-electron chi connectivity index (χ1n) is 7.40. The lowest BCUT2D eigenvalue weighted by molar-refractivity contribution is 0.0518. The number of hydrogen-bond donors (Lipinski definition) is 1. The van der Waals surface area contributed by atoms with Gasteiger partial charge in [0.25, 0.3) is 0 Å². The molecule has 2 aromatic rings. The van der Waals surface area contributed by atoms with Gasteiger partial charge in [-0.2, -0.15) is 0 Å². The Morgan fingerprint density at radius 1 is 1.04 bits per heavy atom. The van der Waals surface area contributed by atoms with Crippen molar-refractivity contribution in [3.63, 3.8) is 0 Å². The molecule has 0 fully saturated rings. The first-order valence-corrected chi connectivity index (χ1v) is 7.40. The van der Waals surface area contributed by atoms with Gasteiger partial charge in [0.15, 0.2) is 0 Å². The molecule has 0 bridgehead atoms. The zero-order valence-corrected chi connectivity index (χ0v) is 13.3. The first kappa shape index (κ1) is 17.3. The highest BCUT2D eigenvalue weighted by atomic mass is 19.1. The maximum atomic E-state index is 12.9. The summed E-state index contributed by atoms with van der Waals surface area (Å²) in [6.07, 6.45) is 1.36. The molecule has 124 valence electrons. The standard InChI is InChI=1S/C18H16FNO4/c1-3-23-17(21)15-11-20-16(18(22)24-4-2)14(15)10-7-12-5-8-13(19)9-6-12/h5-6,8-9,11,20H,3-4H2,1-2H3. The zero-order valence-electron chi connectivity index (χ0n) is 13.3. The zero-order chi connectivity index (χ0) is 17.5. The summed E-state index contributed by atoms with van der Waals surface area (Å²) in [6, 6.07) is 5.56. The number of carbonyl (C=O) groups excluding carboxylic acids is 2. The van der Waals surface area contributed by atoms with Gasteiger partial charge in [-0.25, -0.2) is 14.0 Å². The van der Waals surface area contributed by atoms with Gasteiger partial charge in [-0.15, -0.1) is 0 Å². The van der Waals surface area contributed by atoms with Crippen LogP contribution in [-0.4, -0.2) is 30.1 Å². The number of H-pyrrole nitrogens is 1. The quantitative estimate of drug-likeness (QED) is 0.692. The Balaban J connectivity index is 2.44. The summed E-state index contributed by atoms with van der Waals surface area (Å²) in [5.41, 5.74) is 0.961. The van der Waals surface area contributed by atoms with E-state index >= 15 is 0 Å². The van der Waals surface area contributed by atoms with E-state index in [0.29, 0.717) is 5.56 Å². The Bertz CT molecular complexity index is 761. The van der Waals surface area contributed by atoms with Crippen molar-refractivity contribution >= 4 is 11.9 Å². The molecular formula is C18H16FNO4. The van der Waals surface area contributed by atoms with Crippen LogP contribution in [0.15, 0.2) is 30.5 Å². The van der Waals surface area contributed by atoms with Gasteiger partial charge in [0.05, 0.1) is 24.3 Å². The van der Waals surface area contributed by atoms with Gasteiger partial charge >= 0.3 is 11.9 Å². The van der Waals surface area contributed by atoms with Gasteiger partial charge in [0.1, 0.15) is 11.5 Å². The van der Waals surface area contributed by atoms with E-state index in [9.17, 15) is 14.0 Å². The highest BCUT2D eigenvalue weighted by Crippen LogP contribution is 2.16. The van der Waals surface area contributed by atoms with Crippen molar-refractivity contribution in [3.05, 3.63) is 58.7 Å². The third-order valence-corrected chi connectivity index (χ3v) is 3.03. The minimum atomic E-state index is -0.614. The van der Waals surface area contributed by atoms with Crippen LogP contribution < -0.4 is 0 Å². The molecule has 1 heterocycles. The van der Waals surface area contributed by atoms with Crippen LogP contribution in [0.3, 0.4) is 0 Å². The second-order valence-corrected chi connectivity index (χ2v) is 4.65. The van der Waals surface area contributed by atoms with Crippen LogP contribution in [0.2, 0.25) is 0 Å². The molecular weight excluding hydrogens is 313 g/mol. The molecule has 0 radical (unpaired) electrons. The van der Waals surface area contributed by atoms with E-state index < -0.39 is 11.9 Å². The SMILES string of the molecule is CCOC(=O)c1c[nH]c(C(=O)OCC)c1C#Cc1ccc(F)cc1. The molecule has 0 aliphatic rings. The van der Waals surface area contributed by atoms with Crippen LogP contribution >= 0.6 is 0 Å². The molecule has 0 saturated carbocycles. The van der Waals surface area contributed by atoms with E-state index in [1.165, 1.54) is 30.5 Å². The van der Waals surface area contributed by atoms with Gasteiger partial charge in [-0.1, -0.05) is 11.8 Å². The largest absolute Gasteiger partial charge is 0.462 e. The Morgan fingerprint density at radius 3 is 2.29 bits per heavy atom. The number of rotatable bonds is 4. The fourth-order valence-electron chi connectivity index (χ4n) is 1.96. The van der Waals surface area contributed by atoms with Gasteiger partial charge in [-0.05, 0) is 38.1 Å². The number of esters is 2. The van der Waals surface area contributed by atoms with Crippen molar-refractivity contribution < 1.29 is 23.5 Å². The number of ether oxygens (including phenoxy) is 2. The summed E-state index contributed by atoms with van der Waals surface area (Å²) < 4.78 is 22.8. The third-order valence-electron chi connectivity index (χ3n) is 3.03. The minimum absolute atomic E-state index is 0.0783. The van der Waals surface area contributed by atoms with Gasteiger partial charge in [0, 0.05) is 11.8 Å². The van der Waals surface area contributed by atoms with E-state index in [1.54, 1.807) is 13.8 Å². The average molecular weight is 329 g/mol. The highest BCUT2D eigenvalue weighted by Gasteiger charge is 2.22. The Hall–Kier alpha value is -3.07. The van der Waals surface area contributed by atoms with Crippen LogP contribution in [0.1, 0.15) is 45.8 Å². The van der Waals surface area contributed by atoms with Crippen LogP contribution in [-0.2, 0) is 9.47 Å². The Kier molecular flexibility index (Phi) is 5.74. The molecule has 0 aliphatic carbocycles. The summed E-state index contributed by atoms with van der Waals surface area (Å²) in [4.78, 5) is 26.7. The number of aromatic nitrogens is 1. The van der Waals surface area contributed by atoms with Crippen molar-refractivity contribution in [2.45, 2.75) is 13.8 Å². The fraction of sp³-hybridized carbons (Fsp3) is 0.222. The summed E-state index contributed by atoms with van der Waals surface area (Å²) in [5, 5.41) is 0. The van der Waals surface area contributed by atoms with E-state index in [0.717, 1.165) is 0 Å². The minimum Gasteiger partial charge on any atom is -0.462 e. The number of hydrogen-bond acceptors (Lipinski definition) is 4. The Morgan fingerprint density at radius 2 is 1.67 bits per heavy atom. The lowest BCUT2D eigenvalue weighted by Crippen LogP contribution is -2.09. The van der Waals surface area contributed by atoms with Crippen molar-refractivity contribution in [2.24, 2.45) is 0 Å². The summed E-state index contributed by atoms with van der Waals surface area (Å²) in [6.45, 7) is 3.75. The van der Waals surface area contributed by atoms with Crippen molar-refractivity contribution in [1.82, 2.24) is 4.98 Å². The van der Waals surface area contributed by atoms with Gasteiger partial charge in [0.2, 0.25) is 0 Å². The predicted octanol–water partition coefficient (Wildman–Crippen LogP) is 2.91. The molecule has 0 amide bonds. The molecule has 6 heteroatoms. The molecule has 0 unspecified atom stereocenters. The normalized spacial score (nSPS) is 9.79. The van der Waals surface area contributed by atoms with E-state index in [2.05, 4.69) is 16.8 Å². The monoisotopic (exact) mass is 329 g/mol. The number of aromatic amines is 1. The van der Waals surface area contributed by atoms with Crippen LogP contribution in [0.25, 0.3) is 0 Å². The summed E-state index contributed by atoms with van der Waals surface area (Å²) in [5.74, 6) is 3.99. The molecule has 24 heavy (non-hydrogen) atoms. The van der Waals surface area contributed by atoms with E-state index in [1.807, 2.05) is 0 Å². The van der Waals surface area contributed by atoms with Crippen molar-refractivity contribution in [2.75, 3.05) is 13.2 Å². The molecule has 5 nitrogen and oxygen atoms in total. The second-order valence-electron chi connectivity index (χ2n) is 4.65. The summed E-state index contributed by atoms with van der Waals surface area (Å²) >= 11 is 0. The molecule has 0 saturated heterocycles. The lowest BCUT2D eigenvalue weighted by Gasteiger charge is -2.02. The van der Waals surface area contributed by atoms with Crippen molar-refractivity contribution in [1.29, 1.82) is 0 Å². The maximum absolute atomic E-state index is 12.9. The second kappa shape index (κ2) is 7.97. The third kappa shape index (κ3) is 4.02.